The topological polar surface area (TPSA) is 52.9 Å². The first-order valence-corrected chi connectivity index (χ1v) is 6.21. The van der Waals surface area contributed by atoms with Crippen molar-refractivity contribution in [1.82, 2.24) is 5.32 Å². The lowest BCUT2D eigenvalue weighted by molar-refractivity contribution is 0.0946. The third kappa shape index (κ3) is 2.25. The van der Waals surface area contributed by atoms with Gasteiger partial charge in [0.05, 0.1) is 10.9 Å². The van der Waals surface area contributed by atoms with Crippen LogP contribution in [0.5, 0.6) is 0 Å². The second-order valence-corrected chi connectivity index (χ2v) is 5.52. The summed E-state index contributed by atoms with van der Waals surface area (Å²) in [6.45, 7) is 3.99. The van der Waals surface area contributed by atoms with Crippen LogP contribution in [-0.2, 0) is 0 Å². The molecular formula is C12H14N2OS. The summed E-state index contributed by atoms with van der Waals surface area (Å²) >= 11 is 1.49. The minimum atomic E-state index is -0.310. The lowest BCUT2D eigenvalue weighted by Gasteiger charge is -2.08. The van der Waals surface area contributed by atoms with Crippen molar-refractivity contribution in [2.75, 3.05) is 0 Å². The fourth-order valence-electron chi connectivity index (χ4n) is 1.58. The molecule has 1 heterocycles. The quantitative estimate of drug-likeness (QED) is 0.873. The molecule has 1 saturated carbocycles. The standard InChI is InChI=1S/C12H14N2OS/c1-7-5-11(16-8(7)2)12(15)14-10(6-13)9-3-4-9/h5,9-10H,3-4H2,1-2H3,(H,14,15). The van der Waals surface area contributed by atoms with Gasteiger partial charge in [-0.05, 0) is 44.2 Å². The molecule has 1 aliphatic carbocycles. The van der Waals surface area contributed by atoms with Gasteiger partial charge in [-0.25, -0.2) is 0 Å². The Kier molecular flexibility index (Phi) is 2.97. The monoisotopic (exact) mass is 234 g/mol. The molecule has 4 heteroatoms. The zero-order valence-corrected chi connectivity index (χ0v) is 10.2. The number of nitrogens with one attached hydrogen (secondary N) is 1. The van der Waals surface area contributed by atoms with Crippen LogP contribution in [0.4, 0.5) is 0 Å². The van der Waals surface area contributed by atoms with Gasteiger partial charge in [-0.15, -0.1) is 11.3 Å². The SMILES string of the molecule is Cc1cc(C(=O)NC(C#N)C2CC2)sc1C. The van der Waals surface area contributed by atoms with Gasteiger partial charge in [0, 0.05) is 4.88 Å². The minimum Gasteiger partial charge on any atom is -0.335 e. The van der Waals surface area contributed by atoms with Crippen molar-refractivity contribution in [1.29, 1.82) is 5.26 Å². The van der Waals surface area contributed by atoms with E-state index in [0.717, 1.165) is 23.3 Å². The van der Waals surface area contributed by atoms with E-state index in [4.69, 9.17) is 5.26 Å². The van der Waals surface area contributed by atoms with Crippen molar-refractivity contribution < 1.29 is 4.79 Å². The normalized spacial score (nSPS) is 16.6. The lowest BCUT2D eigenvalue weighted by Crippen LogP contribution is -2.34. The van der Waals surface area contributed by atoms with Gasteiger partial charge < -0.3 is 5.32 Å². The zero-order chi connectivity index (χ0) is 11.7. The van der Waals surface area contributed by atoms with E-state index in [9.17, 15) is 4.79 Å². The van der Waals surface area contributed by atoms with Crippen molar-refractivity contribution in [3.63, 3.8) is 0 Å². The number of nitrogens with zero attached hydrogens (tertiary/aromatic N) is 1. The van der Waals surface area contributed by atoms with Gasteiger partial charge in [-0.1, -0.05) is 0 Å². The first-order valence-electron chi connectivity index (χ1n) is 5.39. The molecule has 0 saturated heterocycles. The molecule has 0 aromatic carbocycles. The Morgan fingerprint density at radius 2 is 2.31 bits per heavy atom. The number of carbonyl (C=O) groups excluding carboxylic acids is 1. The third-order valence-corrected chi connectivity index (χ3v) is 4.06. The molecule has 1 unspecified atom stereocenters. The van der Waals surface area contributed by atoms with E-state index >= 15 is 0 Å². The average Bonchev–Trinajstić information content (AvgIpc) is 3.03. The Bertz CT molecular complexity index is 435. The highest BCUT2D eigenvalue weighted by Crippen LogP contribution is 2.32. The van der Waals surface area contributed by atoms with Crippen LogP contribution in [0.2, 0.25) is 0 Å². The van der Waals surface area contributed by atoms with Gasteiger partial charge in [-0.2, -0.15) is 5.26 Å². The van der Waals surface area contributed by atoms with Crippen LogP contribution in [0.15, 0.2) is 6.07 Å². The summed E-state index contributed by atoms with van der Waals surface area (Å²) in [7, 11) is 0. The summed E-state index contributed by atoms with van der Waals surface area (Å²) in [6.07, 6.45) is 2.11. The van der Waals surface area contributed by atoms with Crippen LogP contribution in [0.25, 0.3) is 0 Å². The van der Waals surface area contributed by atoms with Crippen molar-refractivity contribution in [3.8, 4) is 6.07 Å². The predicted octanol–water partition coefficient (Wildman–Crippen LogP) is 2.40. The van der Waals surface area contributed by atoms with Crippen molar-refractivity contribution in [2.24, 2.45) is 5.92 Å². The van der Waals surface area contributed by atoms with Crippen LogP contribution < -0.4 is 5.32 Å². The third-order valence-electron chi connectivity index (χ3n) is 2.91. The molecule has 16 heavy (non-hydrogen) atoms. The number of hydrogen-bond donors (Lipinski definition) is 1. The molecule has 1 N–H and O–H groups in total. The van der Waals surface area contributed by atoms with Crippen LogP contribution in [0, 0.1) is 31.1 Å². The molecule has 2 rings (SSSR count). The first kappa shape index (κ1) is 11.2. The molecule has 0 aliphatic heterocycles. The molecule has 1 aliphatic rings. The lowest BCUT2D eigenvalue weighted by atomic mass is 10.2. The molecule has 84 valence electrons. The van der Waals surface area contributed by atoms with Crippen LogP contribution in [-0.4, -0.2) is 11.9 Å². The predicted molar refractivity (Wildman–Crippen MR) is 63.4 cm³/mol. The molecule has 0 spiro atoms. The van der Waals surface area contributed by atoms with Crippen molar-refractivity contribution in [2.45, 2.75) is 32.7 Å². The van der Waals surface area contributed by atoms with Crippen LogP contribution in [0.3, 0.4) is 0 Å². The molecular weight excluding hydrogens is 220 g/mol. The Hall–Kier alpha value is -1.34. The smallest absolute Gasteiger partial charge is 0.262 e. The summed E-state index contributed by atoms with van der Waals surface area (Å²) in [5.74, 6) is 0.260. The Morgan fingerprint density at radius 1 is 1.62 bits per heavy atom. The number of thiophene rings is 1. The maximum atomic E-state index is 11.9. The summed E-state index contributed by atoms with van der Waals surface area (Å²) in [5, 5.41) is 11.7. The summed E-state index contributed by atoms with van der Waals surface area (Å²) in [4.78, 5) is 13.7. The van der Waals surface area contributed by atoms with Crippen LogP contribution in [0.1, 0.15) is 33.0 Å². The number of hydrogen-bond acceptors (Lipinski definition) is 3. The Balaban J connectivity index is 2.05. The fourth-order valence-corrected chi connectivity index (χ4v) is 2.52. The Labute approximate surface area is 99.1 Å². The molecule has 1 aromatic heterocycles. The average molecular weight is 234 g/mol. The number of aryl methyl sites for hydroxylation is 2. The van der Waals surface area contributed by atoms with Gasteiger partial charge in [0.2, 0.25) is 0 Å². The minimum absolute atomic E-state index is 0.111. The van der Waals surface area contributed by atoms with E-state index in [1.165, 1.54) is 11.3 Å². The number of nitriles is 1. The summed E-state index contributed by atoms with van der Waals surface area (Å²) in [5.41, 5.74) is 1.13. The van der Waals surface area contributed by atoms with Gasteiger partial charge in [0.1, 0.15) is 6.04 Å². The van der Waals surface area contributed by atoms with E-state index in [1.54, 1.807) is 0 Å². The molecule has 1 aromatic rings. The second kappa shape index (κ2) is 4.26. The van der Waals surface area contributed by atoms with Gasteiger partial charge >= 0.3 is 0 Å². The van der Waals surface area contributed by atoms with Crippen molar-refractivity contribution >= 4 is 17.2 Å². The highest BCUT2D eigenvalue weighted by Gasteiger charge is 2.32. The molecule has 1 fully saturated rings. The maximum absolute atomic E-state index is 11.9. The molecule has 0 radical (unpaired) electrons. The molecule has 0 bridgehead atoms. The van der Waals surface area contributed by atoms with E-state index in [0.29, 0.717) is 10.8 Å². The number of amides is 1. The van der Waals surface area contributed by atoms with Gasteiger partial charge in [0.25, 0.3) is 5.91 Å². The second-order valence-electron chi connectivity index (χ2n) is 4.27. The largest absolute Gasteiger partial charge is 0.335 e. The van der Waals surface area contributed by atoms with E-state index in [-0.39, 0.29) is 11.9 Å². The van der Waals surface area contributed by atoms with E-state index < -0.39 is 0 Å². The number of rotatable bonds is 3. The maximum Gasteiger partial charge on any atom is 0.262 e. The van der Waals surface area contributed by atoms with Gasteiger partial charge in [0.15, 0.2) is 0 Å². The van der Waals surface area contributed by atoms with E-state index in [2.05, 4.69) is 11.4 Å². The van der Waals surface area contributed by atoms with Crippen molar-refractivity contribution in [3.05, 3.63) is 21.4 Å². The summed E-state index contributed by atoms with van der Waals surface area (Å²) < 4.78 is 0. The van der Waals surface area contributed by atoms with Gasteiger partial charge in [-0.3, -0.25) is 4.79 Å². The highest BCUT2D eigenvalue weighted by molar-refractivity contribution is 7.14. The highest BCUT2D eigenvalue weighted by atomic mass is 32.1. The molecule has 1 atom stereocenters. The first-order chi connectivity index (χ1) is 7.61. The number of carbonyl (C=O) groups is 1. The molecule has 1 amide bonds. The van der Waals surface area contributed by atoms with Crippen LogP contribution >= 0.6 is 11.3 Å². The summed E-state index contributed by atoms with van der Waals surface area (Å²) in [6, 6.07) is 3.73. The fraction of sp³-hybridized carbons (Fsp3) is 0.500. The van der Waals surface area contributed by atoms with E-state index in [1.807, 2.05) is 19.9 Å². The zero-order valence-electron chi connectivity index (χ0n) is 9.41. The Morgan fingerprint density at radius 3 is 2.75 bits per heavy atom. The molecule has 3 nitrogen and oxygen atoms in total.